The van der Waals surface area contributed by atoms with Crippen molar-refractivity contribution >= 4 is 5.97 Å². The number of ether oxygens (including phenoxy) is 1. The van der Waals surface area contributed by atoms with Crippen molar-refractivity contribution in [3.05, 3.63) is 35.9 Å². The van der Waals surface area contributed by atoms with Crippen LogP contribution in [0, 0.1) is 0 Å². The van der Waals surface area contributed by atoms with Crippen molar-refractivity contribution in [3.8, 4) is 0 Å². The van der Waals surface area contributed by atoms with Gasteiger partial charge in [0.1, 0.15) is 0 Å². The van der Waals surface area contributed by atoms with Gasteiger partial charge in [0, 0.05) is 19.6 Å². The zero-order chi connectivity index (χ0) is 12.3. The first-order valence-corrected chi connectivity index (χ1v) is 6.12. The van der Waals surface area contributed by atoms with E-state index in [1.807, 2.05) is 18.2 Å². The number of hydrogen-bond donors (Lipinski definition) is 1. The Morgan fingerprint density at radius 2 is 1.76 bits per heavy atom. The molecule has 1 aromatic rings. The first kappa shape index (κ1) is 13.7. The normalized spacial score (nSPS) is 10.4. The van der Waals surface area contributed by atoms with Gasteiger partial charge >= 0.3 is 5.97 Å². The number of unbranched alkanes of at least 4 members (excludes halogenated alkanes) is 1. The molecule has 0 radical (unpaired) electrons. The first-order valence-electron chi connectivity index (χ1n) is 6.12. The van der Waals surface area contributed by atoms with Gasteiger partial charge in [0.2, 0.25) is 0 Å². The fourth-order valence-corrected chi connectivity index (χ4v) is 1.61. The van der Waals surface area contributed by atoms with Gasteiger partial charge in [0.25, 0.3) is 0 Å². The Morgan fingerprint density at radius 1 is 1.06 bits per heavy atom. The van der Waals surface area contributed by atoms with E-state index < -0.39 is 5.97 Å². The lowest BCUT2D eigenvalue weighted by atomic mass is 10.1. The van der Waals surface area contributed by atoms with Crippen molar-refractivity contribution in [1.29, 1.82) is 0 Å². The van der Waals surface area contributed by atoms with Crippen molar-refractivity contribution < 1.29 is 14.6 Å². The van der Waals surface area contributed by atoms with Crippen LogP contribution in [0.4, 0.5) is 0 Å². The average molecular weight is 236 g/mol. The molecule has 0 heterocycles. The number of aliphatic carboxylic acids is 1. The number of carboxylic acid groups (broad SMARTS) is 1. The fraction of sp³-hybridized carbons (Fsp3) is 0.500. The van der Waals surface area contributed by atoms with Gasteiger partial charge in [-0.2, -0.15) is 0 Å². The van der Waals surface area contributed by atoms with E-state index in [4.69, 9.17) is 9.84 Å². The van der Waals surface area contributed by atoms with E-state index in [1.165, 1.54) is 5.56 Å². The van der Waals surface area contributed by atoms with Gasteiger partial charge in [0.05, 0.1) is 0 Å². The molecular formula is C14H20O3. The lowest BCUT2D eigenvalue weighted by Crippen LogP contribution is -2.00. The average Bonchev–Trinajstić information content (AvgIpc) is 2.33. The third kappa shape index (κ3) is 7.53. The molecule has 3 nitrogen and oxygen atoms in total. The summed E-state index contributed by atoms with van der Waals surface area (Å²) in [5.41, 5.74) is 1.34. The number of carbonyl (C=O) groups is 1. The topological polar surface area (TPSA) is 46.5 Å². The SMILES string of the molecule is O=C(O)CCCCOCCCc1ccccc1. The molecule has 17 heavy (non-hydrogen) atoms. The third-order valence-electron chi connectivity index (χ3n) is 2.53. The number of carboxylic acids is 1. The van der Waals surface area contributed by atoms with Gasteiger partial charge in [-0.3, -0.25) is 4.79 Å². The van der Waals surface area contributed by atoms with E-state index in [-0.39, 0.29) is 6.42 Å². The molecule has 94 valence electrons. The van der Waals surface area contributed by atoms with Crippen LogP contribution in [0.25, 0.3) is 0 Å². The van der Waals surface area contributed by atoms with E-state index >= 15 is 0 Å². The van der Waals surface area contributed by atoms with Crippen LogP contribution in [0.5, 0.6) is 0 Å². The second-order valence-electron chi connectivity index (χ2n) is 4.05. The smallest absolute Gasteiger partial charge is 0.303 e. The predicted molar refractivity (Wildman–Crippen MR) is 67.1 cm³/mol. The Labute approximate surface area is 102 Å². The predicted octanol–water partition coefficient (Wildman–Crippen LogP) is 2.89. The van der Waals surface area contributed by atoms with Crippen LogP contribution in [0.1, 0.15) is 31.2 Å². The maximum atomic E-state index is 10.3. The van der Waals surface area contributed by atoms with Crippen molar-refractivity contribution in [2.45, 2.75) is 32.1 Å². The minimum absolute atomic E-state index is 0.243. The molecule has 0 saturated heterocycles. The van der Waals surface area contributed by atoms with Gasteiger partial charge in [-0.05, 0) is 31.2 Å². The molecule has 0 aliphatic carbocycles. The number of hydrogen-bond acceptors (Lipinski definition) is 2. The van der Waals surface area contributed by atoms with Crippen LogP contribution < -0.4 is 0 Å². The van der Waals surface area contributed by atoms with Gasteiger partial charge in [-0.1, -0.05) is 30.3 Å². The summed E-state index contributed by atoms with van der Waals surface area (Å²) in [6.45, 7) is 1.42. The molecule has 0 saturated carbocycles. The Kier molecular flexibility index (Phi) is 7.07. The number of aryl methyl sites for hydroxylation is 1. The van der Waals surface area contributed by atoms with Crippen molar-refractivity contribution in [3.63, 3.8) is 0 Å². The summed E-state index contributed by atoms with van der Waals surface area (Å²) in [7, 11) is 0. The maximum Gasteiger partial charge on any atom is 0.303 e. The molecule has 0 aromatic heterocycles. The summed E-state index contributed by atoms with van der Waals surface area (Å²) < 4.78 is 5.44. The van der Waals surface area contributed by atoms with Gasteiger partial charge in [-0.15, -0.1) is 0 Å². The van der Waals surface area contributed by atoms with Crippen LogP contribution in [-0.4, -0.2) is 24.3 Å². The van der Waals surface area contributed by atoms with Crippen LogP contribution in [0.3, 0.4) is 0 Å². The highest BCUT2D eigenvalue weighted by atomic mass is 16.5. The largest absolute Gasteiger partial charge is 0.481 e. The van der Waals surface area contributed by atoms with Gasteiger partial charge < -0.3 is 9.84 Å². The number of benzene rings is 1. The standard InChI is InChI=1S/C14H20O3/c15-14(16)10-4-5-11-17-12-6-9-13-7-2-1-3-8-13/h1-3,7-8H,4-6,9-12H2,(H,15,16). The van der Waals surface area contributed by atoms with Crippen LogP contribution in [0.2, 0.25) is 0 Å². The van der Waals surface area contributed by atoms with Crippen molar-refractivity contribution in [2.75, 3.05) is 13.2 Å². The van der Waals surface area contributed by atoms with Gasteiger partial charge in [-0.25, -0.2) is 0 Å². The van der Waals surface area contributed by atoms with Crippen molar-refractivity contribution in [2.24, 2.45) is 0 Å². The van der Waals surface area contributed by atoms with E-state index in [0.29, 0.717) is 13.0 Å². The number of rotatable bonds is 9. The quantitative estimate of drug-likeness (QED) is 0.671. The lowest BCUT2D eigenvalue weighted by Gasteiger charge is -2.03. The second kappa shape index (κ2) is 8.76. The molecule has 0 amide bonds. The maximum absolute atomic E-state index is 10.3. The Bertz CT molecular complexity index is 309. The Morgan fingerprint density at radius 3 is 2.47 bits per heavy atom. The fourth-order valence-electron chi connectivity index (χ4n) is 1.61. The molecule has 0 unspecified atom stereocenters. The minimum Gasteiger partial charge on any atom is -0.481 e. The van der Waals surface area contributed by atoms with E-state index in [0.717, 1.165) is 25.9 Å². The lowest BCUT2D eigenvalue weighted by molar-refractivity contribution is -0.137. The van der Waals surface area contributed by atoms with Crippen LogP contribution in [-0.2, 0) is 16.0 Å². The van der Waals surface area contributed by atoms with E-state index in [2.05, 4.69) is 12.1 Å². The highest BCUT2D eigenvalue weighted by molar-refractivity contribution is 5.66. The zero-order valence-corrected chi connectivity index (χ0v) is 10.1. The molecular weight excluding hydrogens is 216 g/mol. The molecule has 0 aliphatic rings. The van der Waals surface area contributed by atoms with Crippen LogP contribution in [0.15, 0.2) is 30.3 Å². The summed E-state index contributed by atoms with van der Waals surface area (Å²) in [4.78, 5) is 10.3. The summed E-state index contributed by atoms with van der Waals surface area (Å²) in [5, 5.41) is 8.44. The Balaban J connectivity index is 1.90. The summed E-state index contributed by atoms with van der Waals surface area (Å²) >= 11 is 0. The van der Waals surface area contributed by atoms with Gasteiger partial charge in [0.15, 0.2) is 0 Å². The van der Waals surface area contributed by atoms with E-state index in [1.54, 1.807) is 0 Å². The first-order chi connectivity index (χ1) is 8.29. The molecule has 1 rings (SSSR count). The molecule has 0 atom stereocenters. The summed E-state index contributed by atoms with van der Waals surface area (Å²) in [6.07, 6.45) is 3.83. The summed E-state index contributed by atoms with van der Waals surface area (Å²) in [6, 6.07) is 10.3. The minimum atomic E-state index is -0.728. The molecule has 0 bridgehead atoms. The summed E-state index contributed by atoms with van der Waals surface area (Å²) in [5.74, 6) is -0.728. The Hall–Kier alpha value is -1.35. The van der Waals surface area contributed by atoms with Crippen molar-refractivity contribution in [1.82, 2.24) is 0 Å². The molecule has 3 heteroatoms. The van der Waals surface area contributed by atoms with E-state index in [9.17, 15) is 4.79 Å². The molecule has 0 aliphatic heterocycles. The molecule has 1 N–H and O–H groups in total. The highest BCUT2D eigenvalue weighted by Crippen LogP contribution is 2.03. The molecule has 1 aromatic carbocycles. The zero-order valence-electron chi connectivity index (χ0n) is 10.1. The molecule has 0 spiro atoms. The highest BCUT2D eigenvalue weighted by Gasteiger charge is 1.96. The second-order valence-corrected chi connectivity index (χ2v) is 4.05. The van der Waals surface area contributed by atoms with Crippen LogP contribution >= 0.6 is 0 Å². The third-order valence-corrected chi connectivity index (χ3v) is 2.53. The molecule has 0 fully saturated rings. The monoisotopic (exact) mass is 236 g/mol.